The van der Waals surface area contributed by atoms with E-state index in [4.69, 9.17) is 29.4 Å². The lowest BCUT2D eigenvalue weighted by atomic mass is 10.1. The molecule has 0 aliphatic heterocycles. The summed E-state index contributed by atoms with van der Waals surface area (Å²) in [5, 5.41) is 9.69. The second-order valence-corrected chi connectivity index (χ2v) is 9.41. The summed E-state index contributed by atoms with van der Waals surface area (Å²) in [5.41, 5.74) is 7.08. The van der Waals surface area contributed by atoms with Crippen molar-refractivity contribution in [3.63, 3.8) is 0 Å². The topological polar surface area (TPSA) is 130 Å². The molecule has 0 saturated heterocycles. The predicted octanol–water partition coefficient (Wildman–Crippen LogP) is 4.45. The van der Waals surface area contributed by atoms with Gasteiger partial charge in [-0.3, -0.25) is 9.59 Å². The van der Waals surface area contributed by atoms with Crippen LogP contribution in [0.15, 0.2) is 34.5 Å². The summed E-state index contributed by atoms with van der Waals surface area (Å²) in [6.07, 6.45) is 0. The van der Waals surface area contributed by atoms with Crippen LogP contribution >= 0.6 is 23.1 Å². The fraction of sp³-hybridized carbons (Fsp3) is 0.240. The molecule has 0 fully saturated rings. The molecule has 1 aromatic heterocycles. The highest BCUT2D eigenvalue weighted by atomic mass is 32.2. The summed E-state index contributed by atoms with van der Waals surface area (Å²) < 4.78 is 26.9. The highest BCUT2D eigenvalue weighted by Gasteiger charge is 2.25. The smallest absolute Gasteiger partial charge is 0.205 e. The van der Waals surface area contributed by atoms with E-state index in [9.17, 15) is 14.9 Å². The SMILES string of the molecule is COc1ccc(C(=O)CSc2sc(C(=O)c3cc(OC)c(OC)c(OC)c3)c(N)c2C#N)cc1OC. The molecule has 0 bridgehead atoms. The van der Waals surface area contributed by atoms with Gasteiger partial charge in [0.1, 0.15) is 16.5 Å². The van der Waals surface area contributed by atoms with Gasteiger partial charge in [0.15, 0.2) is 28.8 Å². The zero-order chi connectivity index (χ0) is 26.4. The van der Waals surface area contributed by atoms with Crippen LogP contribution in [0.5, 0.6) is 28.7 Å². The molecule has 188 valence electrons. The van der Waals surface area contributed by atoms with Gasteiger partial charge in [-0.15, -0.1) is 23.1 Å². The minimum absolute atomic E-state index is 0.0297. The highest BCUT2D eigenvalue weighted by molar-refractivity contribution is 8.01. The van der Waals surface area contributed by atoms with Crippen molar-refractivity contribution in [3.8, 4) is 34.8 Å². The van der Waals surface area contributed by atoms with Crippen LogP contribution in [0.1, 0.15) is 31.2 Å². The van der Waals surface area contributed by atoms with Gasteiger partial charge in [-0.1, -0.05) is 0 Å². The van der Waals surface area contributed by atoms with E-state index in [0.29, 0.717) is 38.5 Å². The van der Waals surface area contributed by atoms with Crippen molar-refractivity contribution < 1.29 is 33.3 Å². The van der Waals surface area contributed by atoms with E-state index in [1.165, 1.54) is 47.7 Å². The lowest BCUT2D eigenvalue weighted by Crippen LogP contribution is -2.05. The van der Waals surface area contributed by atoms with Crippen LogP contribution in [-0.4, -0.2) is 52.9 Å². The third-order valence-electron chi connectivity index (χ3n) is 5.20. The largest absolute Gasteiger partial charge is 0.493 e. The minimum Gasteiger partial charge on any atom is -0.493 e. The van der Waals surface area contributed by atoms with Crippen molar-refractivity contribution in [2.75, 3.05) is 47.0 Å². The van der Waals surface area contributed by atoms with Crippen molar-refractivity contribution in [2.45, 2.75) is 4.21 Å². The van der Waals surface area contributed by atoms with E-state index < -0.39 is 5.78 Å². The second-order valence-electron chi connectivity index (χ2n) is 7.14. The number of ketones is 2. The first-order valence-electron chi connectivity index (χ1n) is 10.4. The maximum atomic E-state index is 13.3. The van der Waals surface area contributed by atoms with E-state index in [-0.39, 0.29) is 33.2 Å². The zero-order valence-corrected chi connectivity index (χ0v) is 21.9. The van der Waals surface area contributed by atoms with Crippen molar-refractivity contribution in [2.24, 2.45) is 0 Å². The van der Waals surface area contributed by atoms with Gasteiger partial charge >= 0.3 is 0 Å². The number of nitrogens with two attached hydrogens (primary N) is 1. The fourth-order valence-electron chi connectivity index (χ4n) is 3.37. The van der Waals surface area contributed by atoms with Gasteiger partial charge < -0.3 is 29.4 Å². The van der Waals surface area contributed by atoms with E-state index in [0.717, 1.165) is 23.1 Å². The van der Waals surface area contributed by atoms with Crippen molar-refractivity contribution in [1.82, 2.24) is 0 Å². The normalized spacial score (nSPS) is 10.3. The van der Waals surface area contributed by atoms with Crippen LogP contribution in [0, 0.1) is 11.3 Å². The molecule has 0 unspecified atom stereocenters. The predicted molar refractivity (Wildman–Crippen MR) is 138 cm³/mol. The molecule has 0 saturated carbocycles. The number of ether oxygens (including phenoxy) is 5. The van der Waals surface area contributed by atoms with E-state index in [2.05, 4.69) is 0 Å². The number of carbonyl (C=O) groups excluding carboxylic acids is 2. The Hall–Kier alpha value is -3.88. The molecule has 0 aliphatic rings. The van der Waals surface area contributed by atoms with Gasteiger partial charge in [0.25, 0.3) is 0 Å². The number of nitrogen functional groups attached to an aromatic ring is 1. The average molecular weight is 529 g/mol. The summed E-state index contributed by atoms with van der Waals surface area (Å²) in [5.74, 6) is 1.34. The monoisotopic (exact) mass is 528 g/mol. The molecule has 11 heteroatoms. The summed E-state index contributed by atoms with van der Waals surface area (Å²) in [7, 11) is 7.36. The van der Waals surface area contributed by atoms with Crippen LogP contribution in [0.2, 0.25) is 0 Å². The number of Topliss-reactive ketones (excluding diaryl/α,β-unsaturated/α-hetero) is 1. The molecule has 0 aliphatic carbocycles. The summed E-state index contributed by atoms with van der Waals surface area (Å²) >= 11 is 2.20. The molecule has 9 nitrogen and oxygen atoms in total. The highest BCUT2D eigenvalue weighted by Crippen LogP contribution is 2.42. The number of hydrogen-bond acceptors (Lipinski definition) is 11. The Morgan fingerprint density at radius 2 is 1.47 bits per heavy atom. The number of carbonyl (C=O) groups is 2. The standard InChI is InChI=1S/C25H24N2O7S2/c1-30-17-7-6-13(8-18(17)31-2)16(28)12-35-25-15(11-26)21(27)24(36-25)22(29)14-9-19(32-3)23(34-5)20(10-14)33-4/h6-10H,12,27H2,1-5H3. The molecule has 0 radical (unpaired) electrons. The van der Waals surface area contributed by atoms with Gasteiger partial charge in [-0.25, -0.2) is 0 Å². The van der Waals surface area contributed by atoms with Crippen molar-refractivity contribution in [1.29, 1.82) is 5.26 Å². The van der Waals surface area contributed by atoms with Crippen LogP contribution in [0.3, 0.4) is 0 Å². The Morgan fingerprint density at radius 1 is 0.889 bits per heavy atom. The molecular weight excluding hydrogens is 504 g/mol. The molecule has 3 rings (SSSR count). The first-order chi connectivity index (χ1) is 17.3. The van der Waals surface area contributed by atoms with Gasteiger partial charge in [-0.05, 0) is 30.3 Å². The van der Waals surface area contributed by atoms with Gasteiger partial charge in [0.2, 0.25) is 11.5 Å². The molecule has 36 heavy (non-hydrogen) atoms. The average Bonchev–Trinajstić information content (AvgIpc) is 3.24. The molecule has 1 heterocycles. The quantitative estimate of drug-likeness (QED) is 0.281. The first-order valence-corrected chi connectivity index (χ1v) is 12.2. The number of rotatable bonds is 11. The zero-order valence-electron chi connectivity index (χ0n) is 20.3. The summed E-state index contributed by atoms with van der Waals surface area (Å²) in [6, 6.07) is 9.95. The summed E-state index contributed by atoms with van der Waals surface area (Å²) in [6.45, 7) is 0. The number of nitrogens with zero attached hydrogens (tertiary/aromatic N) is 1. The van der Waals surface area contributed by atoms with E-state index >= 15 is 0 Å². The number of anilines is 1. The van der Waals surface area contributed by atoms with Gasteiger partial charge in [0.05, 0.1) is 51.2 Å². The fourth-order valence-corrected chi connectivity index (χ4v) is 5.62. The molecule has 2 N–H and O–H groups in total. The Morgan fingerprint density at radius 3 is 2.00 bits per heavy atom. The number of thioether (sulfide) groups is 1. The van der Waals surface area contributed by atoms with Crippen molar-refractivity contribution >= 4 is 40.4 Å². The Labute approximate surface area is 216 Å². The maximum absolute atomic E-state index is 13.3. The first kappa shape index (κ1) is 26.7. The summed E-state index contributed by atoms with van der Waals surface area (Å²) in [4.78, 5) is 26.3. The second kappa shape index (κ2) is 11.7. The number of methoxy groups -OCH3 is 5. The molecular formula is C25H24N2O7S2. The van der Waals surface area contributed by atoms with Crippen LogP contribution in [0.4, 0.5) is 5.69 Å². The number of thiophene rings is 1. The third kappa shape index (κ3) is 5.19. The number of nitriles is 1. The number of hydrogen-bond donors (Lipinski definition) is 1. The molecule has 0 amide bonds. The molecule has 2 aromatic carbocycles. The molecule has 3 aromatic rings. The van der Waals surface area contributed by atoms with Crippen molar-refractivity contribution in [3.05, 3.63) is 51.9 Å². The van der Waals surface area contributed by atoms with Crippen LogP contribution < -0.4 is 29.4 Å². The Bertz CT molecular complexity index is 1320. The third-order valence-corrected chi connectivity index (χ3v) is 7.67. The maximum Gasteiger partial charge on any atom is 0.205 e. The van der Waals surface area contributed by atoms with Gasteiger partial charge in [0, 0.05) is 11.1 Å². The Kier molecular flexibility index (Phi) is 8.68. The minimum atomic E-state index is -0.411. The van der Waals surface area contributed by atoms with Gasteiger partial charge in [-0.2, -0.15) is 5.26 Å². The van der Waals surface area contributed by atoms with E-state index in [1.54, 1.807) is 18.2 Å². The molecule has 0 spiro atoms. The lowest BCUT2D eigenvalue weighted by Gasteiger charge is -2.13. The van der Waals surface area contributed by atoms with Crippen LogP contribution in [-0.2, 0) is 0 Å². The molecule has 0 atom stereocenters. The lowest BCUT2D eigenvalue weighted by molar-refractivity contribution is 0.101. The number of benzene rings is 2. The Balaban J connectivity index is 1.89. The van der Waals surface area contributed by atoms with Crippen LogP contribution in [0.25, 0.3) is 0 Å². The van der Waals surface area contributed by atoms with E-state index in [1.807, 2.05) is 6.07 Å².